The fraction of sp³-hybridized carbons (Fsp3) is 0.857. The topological polar surface area (TPSA) is 17.1 Å². The van der Waals surface area contributed by atoms with Gasteiger partial charge in [-0.1, -0.05) is 6.92 Å². The van der Waals surface area contributed by atoms with E-state index >= 15 is 0 Å². The zero-order valence-electron chi connectivity index (χ0n) is 5.72. The van der Waals surface area contributed by atoms with Gasteiger partial charge in [-0.15, -0.1) is 0 Å². The van der Waals surface area contributed by atoms with Gasteiger partial charge in [-0.25, -0.2) is 0 Å². The van der Waals surface area contributed by atoms with Crippen LogP contribution in [0, 0.1) is 5.92 Å². The van der Waals surface area contributed by atoms with Crippen molar-refractivity contribution in [3.05, 3.63) is 0 Å². The van der Waals surface area contributed by atoms with Crippen LogP contribution in [0.2, 0.25) is 0 Å². The van der Waals surface area contributed by atoms with Gasteiger partial charge in [-0.2, -0.15) is 11.8 Å². The van der Waals surface area contributed by atoms with Crippen LogP contribution >= 0.6 is 11.8 Å². The average molecular weight is 144 g/mol. The second-order valence-electron chi connectivity index (χ2n) is 2.70. The molecule has 0 radical (unpaired) electrons. The first-order chi connectivity index (χ1) is 4.29. The first kappa shape index (κ1) is 7.13. The van der Waals surface area contributed by atoms with E-state index in [0.29, 0.717) is 5.78 Å². The first-order valence-electron chi connectivity index (χ1n) is 3.38. The standard InChI is InChI=1S/C7H12OS/c1-6-2-3-7(8)5-9-4-6/h6H,2-5H2,1H3. The molecule has 0 N–H and O–H groups in total. The van der Waals surface area contributed by atoms with Gasteiger partial charge in [-0.05, 0) is 18.1 Å². The van der Waals surface area contributed by atoms with Crippen LogP contribution in [0.25, 0.3) is 0 Å². The van der Waals surface area contributed by atoms with Gasteiger partial charge in [0.25, 0.3) is 0 Å². The fourth-order valence-corrected chi connectivity index (χ4v) is 2.00. The predicted molar refractivity (Wildman–Crippen MR) is 40.7 cm³/mol. The lowest BCUT2D eigenvalue weighted by atomic mass is 10.1. The Balaban J connectivity index is 2.34. The Hall–Kier alpha value is 0.0200. The highest BCUT2D eigenvalue weighted by molar-refractivity contribution is 7.99. The van der Waals surface area contributed by atoms with Crippen LogP contribution < -0.4 is 0 Å². The fourth-order valence-electron chi connectivity index (χ4n) is 0.937. The van der Waals surface area contributed by atoms with E-state index in [4.69, 9.17) is 0 Å². The minimum absolute atomic E-state index is 0.435. The van der Waals surface area contributed by atoms with E-state index in [1.165, 1.54) is 5.75 Å². The van der Waals surface area contributed by atoms with Gasteiger partial charge >= 0.3 is 0 Å². The highest BCUT2D eigenvalue weighted by Gasteiger charge is 2.11. The zero-order chi connectivity index (χ0) is 6.69. The van der Waals surface area contributed by atoms with E-state index in [9.17, 15) is 4.79 Å². The zero-order valence-corrected chi connectivity index (χ0v) is 6.54. The molecule has 1 atom stereocenters. The molecule has 1 saturated heterocycles. The third kappa shape index (κ3) is 2.39. The lowest BCUT2D eigenvalue weighted by molar-refractivity contribution is -0.116. The highest BCUT2D eigenvalue weighted by Crippen LogP contribution is 2.18. The molecular weight excluding hydrogens is 132 g/mol. The van der Waals surface area contributed by atoms with Crippen LogP contribution in [0.15, 0.2) is 0 Å². The summed E-state index contributed by atoms with van der Waals surface area (Å²) in [4.78, 5) is 10.8. The number of Topliss-reactive ketones (excluding diaryl/α,β-unsaturated/α-hetero) is 1. The Morgan fingerprint density at radius 2 is 2.44 bits per heavy atom. The molecule has 0 amide bonds. The van der Waals surface area contributed by atoms with Gasteiger partial charge in [0, 0.05) is 6.42 Å². The maximum Gasteiger partial charge on any atom is 0.142 e. The molecule has 1 aliphatic rings. The molecule has 0 aromatic carbocycles. The molecule has 1 heterocycles. The summed E-state index contributed by atoms with van der Waals surface area (Å²) in [6.45, 7) is 2.21. The predicted octanol–water partition coefficient (Wildman–Crippen LogP) is 1.72. The van der Waals surface area contributed by atoms with Crippen LogP contribution in [0.5, 0.6) is 0 Å². The van der Waals surface area contributed by atoms with E-state index in [-0.39, 0.29) is 0 Å². The Morgan fingerprint density at radius 1 is 1.67 bits per heavy atom. The van der Waals surface area contributed by atoms with Gasteiger partial charge in [0.15, 0.2) is 0 Å². The molecule has 1 fully saturated rings. The van der Waals surface area contributed by atoms with Crippen molar-refractivity contribution in [2.24, 2.45) is 5.92 Å². The maximum absolute atomic E-state index is 10.8. The van der Waals surface area contributed by atoms with Gasteiger partial charge in [-0.3, -0.25) is 4.79 Å². The molecule has 0 aliphatic carbocycles. The maximum atomic E-state index is 10.8. The lowest BCUT2D eigenvalue weighted by Crippen LogP contribution is -1.98. The summed E-state index contributed by atoms with van der Waals surface area (Å²) in [5.41, 5.74) is 0. The second kappa shape index (κ2) is 3.25. The van der Waals surface area contributed by atoms with Gasteiger partial charge < -0.3 is 0 Å². The summed E-state index contributed by atoms with van der Waals surface area (Å²) in [6, 6.07) is 0. The molecule has 2 heteroatoms. The summed E-state index contributed by atoms with van der Waals surface area (Å²) < 4.78 is 0. The summed E-state index contributed by atoms with van der Waals surface area (Å²) in [5, 5.41) is 0. The van der Waals surface area contributed by atoms with Crippen molar-refractivity contribution in [2.75, 3.05) is 11.5 Å². The van der Waals surface area contributed by atoms with E-state index in [0.717, 1.165) is 24.5 Å². The largest absolute Gasteiger partial charge is 0.299 e. The minimum atomic E-state index is 0.435. The van der Waals surface area contributed by atoms with Crippen molar-refractivity contribution < 1.29 is 4.79 Å². The molecule has 9 heavy (non-hydrogen) atoms. The summed E-state index contributed by atoms with van der Waals surface area (Å²) in [7, 11) is 0. The van der Waals surface area contributed by atoms with Crippen LogP contribution in [0.3, 0.4) is 0 Å². The molecule has 0 spiro atoms. The van der Waals surface area contributed by atoms with Crippen LogP contribution in [0.1, 0.15) is 19.8 Å². The number of carbonyl (C=O) groups is 1. The molecule has 52 valence electrons. The Kier molecular flexibility index (Phi) is 2.58. The Bertz CT molecular complexity index is 111. The molecule has 0 aromatic rings. The van der Waals surface area contributed by atoms with Crippen molar-refractivity contribution in [2.45, 2.75) is 19.8 Å². The highest BCUT2D eigenvalue weighted by atomic mass is 32.2. The van der Waals surface area contributed by atoms with Crippen molar-refractivity contribution >= 4 is 17.5 Å². The number of ketones is 1. The van der Waals surface area contributed by atoms with E-state index in [2.05, 4.69) is 6.92 Å². The Labute approximate surface area is 60.2 Å². The summed E-state index contributed by atoms with van der Waals surface area (Å²) in [5.74, 6) is 3.11. The molecule has 1 nitrogen and oxygen atoms in total. The van der Waals surface area contributed by atoms with E-state index in [1.54, 1.807) is 11.8 Å². The van der Waals surface area contributed by atoms with Gasteiger partial charge in [0.2, 0.25) is 0 Å². The molecule has 0 aromatic heterocycles. The van der Waals surface area contributed by atoms with E-state index < -0.39 is 0 Å². The minimum Gasteiger partial charge on any atom is -0.299 e. The normalized spacial score (nSPS) is 29.9. The quantitative estimate of drug-likeness (QED) is 0.515. The number of thioether (sulfide) groups is 1. The third-order valence-electron chi connectivity index (χ3n) is 1.58. The summed E-state index contributed by atoms with van der Waals surface area (Å²) in [6.07, 6.45) is 1.92. The molecular formula is C7H12OS. The van der Waals surface area contributed by atoms with E-state index in [1.807, 2.05) is 0 Å². The van der Waals surface area contributed by atoms with Crippen molar-refractivity contribution in [3.63, 3.8) is 0 Å². The SMILES string of the molecule is CC1CCC(=O)CSC1. The molecule has 1 aliphatic heterocycles. The number of hydrogen-bond donors (Lipinski definition) is 0. The number of carbonyl (C=O) groups excluding carboxylic acids is 1. The molecule has 0 bridgehead atoms. The molecule has 1 unspecified atom stereocenters. The third-order valence-corrected chi connectivity index (χ3v) is 2.91. The second-order valence-corrected chi connectivity index (χ2v) is 3.73. The summed E-state index contributed by atoms with van der Waals surface area (Å²) >= 11 is 1.78. The van der Waals surface area contributed by atoms with Crippen LogP contribution in [-0.4, -0.2) is 17.3 Å². The van der Waals surface area contributed by atoms with Crippen molar-refractivity contribution in [1.82, 2.24) is 0 Å². The Morgan fingerprint density at radius 3 is 3.22 bits per heavy atom. The lowest BCUT2D eigenvalue weighted by Gasteiger charge is -2.01. The first-order valence-corrected chi connectivity index (χ1v) is 4.54. The van der Waals surface area contributed by atoms with Gasteiger partial charge in [0.05, 0.1) is 5.75 Å². The molecule has 1 rings (SSSR count). The number of rotatable bonds is 0. The average Bonchev–Trinajstić information content (AvgIpc) is 1.97. The van der Waals surface area contributed by atoms with Gasteiger partial charge in [0.1, 0.15) is 5.78 Å². The van der Waals surface area contributed by atoms with Crippen LogP contribution in [-0.2, 0) is 4.79 Å². The number of hydrogen-bond acceptors (Lipinski definition) is 2. The van der Waals surface area contributed by atoms with Crippen molar-refractivity contribution in [1.29, 1.82) is 0 Å². The molecule has 0 saturated carbocycles. The smallest absolute Gasteiger partial charge is 0.142 e. The van der Waals surface area contributed by atoms with Crippen molar-refractivity contribution in [3.8, 4) is 0 Å². The van der Waals surface area contributed by atoms with Crippen LogP contribution in [0.4, 0.5) is 0 Å². The monoisotopic (exact) mass is 144 g/mol.